The molecule has 2 heterocycles. The zero-order valence-corrected chi connectivity index (χ0v) is 16.1. The fourth-order valence-electron chi connectivity index (χ4n) is 3.23. The number of hydrogen-bond acceptors (Lipinski definition) is 3. The number of anilines is 1. The van der Waals surface area contributed by atoms with Crippen molar-refractivity contribution in [3.63, 3.8) is 0 Å². The Bertz CT molecular complexity index is 763. The number of aromatic nitrogens is 2. The highest BCUT2D eigenvalue weighted by Gasteiger charge is 2.18. The van der Waals surface area contributed by atoms with Gasteiger partial charge in [-0.25, -0.2) is 0 Å². The monoisotopic (exact) mass is 368 g/mol. The molecule has 144 valence electrons. The second-order valence-electron chi connectivity index (χ2n) is 7.02. The van der Waals surface area contributed by atoms with Crippen molar-refractivity contribution in [2.45, 2.75) is 32.9 Å². The number of carbonyl (C=O) groups is 1. The van der Waals surface area contributed by atoms with Crippen molar-refractivity contribution in [3.8, 4) is 0 Å². The summed E-state index contributed by atoms with van der Waals surface area (Å²) in [4.78, 5) is 18.9. The van der Waals surface area contributed by atoms with Crippen molar-refractivity contribution < 1.29 is 4.79 Å². The molecule has 1 aromatic heterocycles. The van der Waals surface area contributed by atoms with Gasteiger partial charge in [-0.15, -0.1) is 0 Å². The van der Waals surface area contributed by atoms with Crippen LogP contribution in [0.25, 0.3) is 0 Å². The predicted molar refractivity (Wildman–Crippen MR) is 107 cm³/mol. The minimum Gasteiger partial charge on any atom is -0.352 e. The number of nitrogens with one attached hydrogen (secondary N) is 2. The third-order valence-corrected chi connectivity index (χ3v) is 4.82. The predicted octanol–water partition coefficient (Wildman–Crippen LogP) is 2.33. The summed E-state index contributed by atoms with van der Waals surface area (Å²) in [7, 11) is 1.83. The molecule has 1 amide bonds. The molecule has 1 aromatic carbocycles. The maximum absolute atomic E-state index is 12.1. The van der Waals surface area contributed by atoms with Crippen molar-refractivity contribution in [2.75, 3.05) is 25.5 Å². The first-order chi connectivity index (χ1) is 13.1. The van der Waals surface area contributed by atoms with E-state index < -0.39 is 0 Å². The lowest BCUT2D eigenvalue weighted by molar-refractivity contribution is -0.116. The van der Waals surface area contributed by atoms with Crippen LogP contribution in [0.2, 0.25) is 0 Å². The average Bonchev–Trinajstić information content (AvgIpc) is 3.16. The molecule has 0 bridgehead atoms. The van der Waals surface area contributed by atoms with E-state index in [1.54, 1.807) is 23.1 Å². The molecule has 0 unspecified atom stereocenters. The first-order valence-electron chi connectivity index (χ1n) is 9.46. The van der Waals surface area contributed by atoms with Gasteiger partial charge in [0.15, 0.2) is 5.96 Å². The molecule has 1 aliphatic heterocycles. The highest BCUT2D eigenvalue weighted by Crippen LogP contribution is 2.16. The van der Waals surface area contributed by atoms with Gasteiger partial charge in [0.25, 0.3) is 0 Å². The fraction of sp³-hybridized carbons (Fsp3) is 0.450. The van der Waals surface area contributed by atoms with Gasteiger partial charge in [-0.2, -0.15) is 5.10 Å². The van der Waals surface area contributed by atoms with Gasteiger partial charge in [0.1, 0.15) is 6.54 Å². The molecule has 0 aliphatic carbocycles. The Labute approximate surface area is 160 Å². The van der Waals surface area contributed by atoms with E-state index in [4.69, 9.17) is 0 Å². The molecule has 2 aromatic rings. The molecule has 3 rings (SSSR count). The summed E-state index contributed by atoms with van der Waals surface area (Å²) in [6.07, 6.45) is 5.85. The molecule has 1 aliphatic rings. The summed E-state index contributed by atoms with van der Waals surface area (Å²) < 4.78 is 1.60. The van der Waals surface area contributed by atoms with Crippen LogP contribution in [0.1, 0.15) is 25.3 Å². The quantitative estimate of drug-likeness (QED) is 0.627. The van der Waals surface area contributed by atoms with E-state index in [2.05, 4.69) is 32.5 Å². The van der Waals surface area contributed by atoms with Gasteiger partial charge in [0, 0.05) is 44.8 Å². The van der Waals surface area contributed by atoms with Gasteiger partial charge >= 0.3 is 0 Å². The normalized spacial score (nSPS) is 15.6. The van der Waals surface area contributed by atoms with E-state index in [0.29, 0.717) is 6.54 Å². The molecule has 0 saturated carbocycles. The van der Waals surface area contributed by atoms with Crippen molar-refractivity contribution in [2.24, 2.45) is 10.9 Å². The van der Waals surface area contributed by atoms with Gasteiger partial charge in [-0.1, -0.05) is 19.1 Å². The van der Waals surface area contributed by atoms with Gasteiger partial charge in [-0.05, 0) is 42.5 Å². The molecule has 0 atom stereocenters. The van der Waals surface area contributed by atoms with E-state index in [9.17, 15) is 4.79 Å². The van der Waals surface area contributed by atoms with Gasteiger partial charge in [0.05, 0.1) is 0 Å². The molecule has 7 heteroatoms. The van der Waals surface area contributed by atoms with Crippen LogP contribution in [0.4, 0.5) is 5.69 Å². The largest absolute Gasteiger partial charge is 0.352 e. The standard InChI is InChI=1S/C20H28N6O/c1-16-7-11-25(12-8-16)20(21-2)22-14-17-5-3-6-18(13-17)24-19(27)15-26-10-4-9-23-26/h3-6,9-10,13,16H,7-8,11-12,14-15H2,1-2H3,(H,21,22)(H,24,27). The molecule has 1 saturated heterocycles. The summed E-state index contributed by atoms with van der Waals surface area (Å²) in [5.74, 6) is 1.64. The zero-order chi connectivity index (χ0) is 19.1. The van der Waals surface area contributed by atoms with Crippen molar-refractivity contribution in [1.29, 1.82) is 0 Å². The van der Waals surface area contributed by atoms with Crippen LogP contribution in [-0.2, 0) is 17.9 Å². The van der Waals surface area contributed by atoms with E-state index in [0.717, 1.165) is 36.2 Å². The maximum Gasteiger partial charge on any atom is 0.246 e. The van der Waals surface area contributed by atoms with Crippen LogP contribution in [0.5, 0.6) is 0 Å². The molecule has 27 heavy (non-hydrogen) atoms. The van der Waals surface area contributed by atoms with Crippen molar-refractivity contribution >= 4 is 17.6 Å². The smallest absolute Gasteiger partial charge is 0.246 e. The first kappa shape index (κ1) is 18.9. The summed E-state index contributed by atoms with van der Waals surface area (Å²) in [6.45, 7) is 5.27. The Kier molecular flexibility index (Phi) is 6.46. The molecular formula is C20H28N6O. The molecule has 0 spiro atoms. The Morgan fingerprint density at radius 3 is 2.81 bits per heavy atom. The minimum atomic E-state index is -0.0953. The van der Waals surface area contributed by atoms with Crippen molar-refractivity contribution in [1.82, 2.24) is 20.0 Å². The number of likely N-dealkylation sites (tertiary alicyclic amines) is 1. The fourth-order valence-corrected chi connectivity index (χ4v) is 3.23. The number of amides is 1. The number of aliphatic imine (C=N–C) groups is 1. The number of guanidine groups is 1. The first-order valence-corrected chi connectivity index (χ1v) is 9.46. The molecule has 0 radical (unpaired) electrons. The Morgan fingerprint density at radius 1 is 1.30 bits per heavy atom. The van der Waals surface area contributed by atoms with E-state index in [-0.39, 0.29) is 12.5 Å². The zero-order valence-electron chi connectivity index (χ0n) is 16.1. The van der Waals surface area contributed by atoms with Gasteiger partial charge in [-0.3, -0.25) is 14.5 Å². The summed E-state index contributed by atoms with van der Waals surface area (Å²) in [5.41, 5.74) is 1.88. The Morgan fingerprint density at radius 2 is 2.11 bits per heavy atom. The van der Waals surface area contributed by atoms with E-state index in [1.165, 1.54) is 12.8 Å². The average molecular weight is 368 g/mol. The summed E-state index contributed by atoms with van der Waals surface area (Å²) in [5, 5.41) is 10.4. The van der Waals surface area contributed by atoms with Crippen LogP contribution in [-0.4, -0.2) is 46.7 Å². The van der Waals surface area contributed by atoms with Crippen LogP contribution in [0.15, 0.2) is 47.7 Å². The van der Waals surface area contributed by atoms with Crippen LogP contribution in [0, 0.1) is 5.92 Å². The van der Waals surface area contributed by atoms with Gasteiger partial charge < -0.3 is 15.5 Å². The molecule has 1 fully saturated rings. The highest BCUT2D eigenvalue weighted by atomic mass is 16.2. The number of rotatable bonds is 5. The lowest BCUT2D eigenvalue weighted by Gasteiger charge is -2.33. The molecule has 2 N–H and O–H groups in total. The number of hydrogen-bond donors (Lipinski definition) is 2. The minimum absolute atomic E-state index is 0.0953. The van der Waals surface area contributed by atoms with E-state index >= 15 is 0 Å². The third kappa shape index (κ3) is 5.57. The maximum atomic E-state index is 12.1. The second kappa shape index (κ2) is 9.21. The summed E-state index contributed by atoms with van der Waals surface area (Å²) >= 11 is 0. The van der Waals surface area contributed by atoms with Crippen molar-refractivity contribution in [3.05, 3.63) is 48.3 Å². The summed E-state index contributed by atoms with van der Waals surface area (Å²) in [6, 6.07) is 9.67. The molecule has 7 nitrogen and oxygen atoms in total. The van der Waals surface area contributed by atoms with Crippen LogP contribution < -0.4 is 10.6 Å². The van der Waals surface area contributed by atoms with Crippen LogP contribution >= 0.6 is 0 Å². The van der Waals surface area contributed by atoms with Gasteiger partial charge in [0.2, 0.25) is 5.91 Å². The number of benzene rings is 1. The highest BCUT2D eigenvalue weighted by molar-refractivity contribution is 5.90. The lowest BCUT2D eigenvalue weighted by Crippen LogP contribution is -2.45. The second-order valence-corrected chi connectivity index (χ2v) is 7.02. The van der Waals surface area contributed by atoms with Crippen LogP contribution in [0.3, 0.4) is 0 Å². The SMILES string of the molecule is CN=C(NCc1cccc(NC(=O)Cn2cccn2)c1)N1CCC(C)CC1. The third-order valence-electron chi connectivity index (χ3n) is 4.82. The Hall–Kier alpha value is -2.83. The number of piperidine rings is 1. The number of carbonyl (C=O) groups excluding carboxylic acids is 1. The number of nitrogens with zero attached hydrogens (tertiary/aromatic N) is 4. The molecular weight excluding hydrogens is 340 g/mol. The Balaban J connectivity index is 1.53. The lowest BCUT2D eigenvalue weighted by atomic mass is 9.99. The topological polar surface area (TPSA) is 74.5 Å². The van der Waals surface area contributed by atoms with E-state index in [1.807, 2.05) is 31.3 Å².